The number of nitrogens with zero attached hydrogens (tertiary/aromatic N) is 2. The zero-order valence-corrected chi connectivity index (χ0v) is 17.0. The minimum Gasteiger partial charge on any atom is -0.482 e. The van der Waals surface area contributed by atoms with Crippen molar-refractivity contribution in [3.05, 3.63) is 48.0 Å². The number of fused-ring (bicyclic) bond motifs is 2. The SMILES string of the molecule is CN=C(NCCCN1C(=O)COc2ccccc21)NCCc1ccc2c(c1)OCO2. The standard InChI is InChI=1S/C22H26N4O4/c1-23-22(25-11-9-16-7-8-19-20(13-16)30-15-29-19)24-10-4-12-26-17-5-2-3-6-18(17)28-14-21(26)27/h2-3,5-8,13H,4,9-12,14-15H2,1H3,(H2,23,24,25). The van der Waals surface area contributed by atoms with Crippen molar-refractivity contribution >= 4 is 17.6 Å². The van der Waals surface area contributed by atoms with E-state index >= 15 is 0 Å². The Morgan fingerprint density at radius 2 is 1.87 bits per heavy atom. The van der Waals surface area contributed by atoms with E-state index in [1.54, 1.807) is 11.9 Å². The van der Waals surface area contributed by atoms with Crippen molar-refractivity contribution < 1.29 is 19.0 Å². The monoisotopic (exact) mass is 410 g/mol. The summed E-state index contributed by atoms with van der Waals surface area (Å²) in [4.78, 5) is 18.3. The van der Waals surface area contributed by atoms with Gasteiger partial charge in [-0.2, -0.15) is 0 Å². The van der Waals surface area contributed by atoms with Crippen LogP contribution in [0.2, 0.25) is 0 Å². The van der Waals surface area contributed by atoms with E-state index in [2.05, 4.69) is 15.6 Å². The van der Waals surface area contributed by atoms with Gasteiger partial charge in [-0.15, -0.1) is 0 Å². The molecule has 2 aliphatic rings. The molecule has 0 aliphatic carbocycles. The highest BCUT2D eigenvalue weighted by molar-refractivity contribution is 5.97. The normalized spacial score (nSPS) is 14.9. The lowest BCUT2D eigenvalue weighted by molar-refractivity contribution is -0.121. The number of nitrogens with one attached hydrogen (secondary N) is 2. The molecule has 2 aromatic rings. The van der Waals surface area contributed by atoms with Crippen molar-refractivity contribution in [1.82, 2.24) is 10.6 Å². The van der Waals surface area contributed by atoms with Crippen molar-refractivity contribution in [3.63, 3.8) is 0 Å². The second-order valence-electron chi connectivity index (χ2n) is 7.02. The van der Waals surface area contributed by atoms with E-state index < -0.39 is 0 Å². The molecule has 2 N–H and O–H groups in total. The summed E-state index contributed by atoms with van der Waals surface area (Å²) in [5.41, 5.74) is 2.01. The van der Waals surface area contributed by atoms with Crippen molar-refractivity contribution in [2.75, 3.05) is 45.0 Å². The number of aliphatic imine (C=N–C) groups is 1. The summed E-state index contributed by atoms with van der Waals surface area (Å²) in [5.74, 6) is 3.08. The molecule has 2 heterocycles. The number of hydrogen-bond donors (Lipinski definition) is 2. The Morgan fingerprint density at radius 3 is 2.77 bits per heavy atom. The van der Waals surface area contributed by atoms with Gasteiger partial charge in [0.25, 0.3) is 5.91 Å². The summed E-state index contributed by atoms with van der Waals surface area (Å²) in [5, 5.41) is 6.62. The summed E-state index contributed by atoms with van der Waals surface area (Å²) >= 11 is 0. The quantitative estimate of drug-likeness (QED) is 0.412. The maximum Gasteiger partial charge on any atom is 0.265 e. The molecule has 2 aromatic carbocycles. The molecule has 30 heavy (non-hydrogen) atoms. The van der Waals surface area contributed by atoms with Crippen molar-refractivity contribution in [3.8, 4) is 17.2 Å². The van der Waals surface area contributed by atoms with Gasteiger partial charge in [0.05, 0.1) is 5.69 Å². The lowest BCUT2D eigenvalue weighted by atomic mass is 10.1. The summed E-state index contributed by atoms with van der Waals surface area (Å²) in [6.45, 7) is 2.45. The van der Waals surface area contributed by atoms with Crippen molar-refractivity contribution in [2.45, 2.75) is 12.8 Å². The van der Waals surface area contributed by atoms with Crippen molar-refractivity contribution in [2.24, 2.45) is 4.99 Å². The molecule has 0 aromatic heterocycles. The third-order valence-electron chi connectivity index (χ3n) is 5.03. The van der Waals surface area contributed by atoms with Gasteiger partial charge in [0.15, 0.2) is 24.1 Å². The maximum atomic E-state index is 12.2. The van der Waals surface area contributed by atoms with Crippen LogP contribution in [0.4, 0.5) is 5.69 Å². The number of anilines is 1. The Morgan fingerprint density at radius 1 is 1.03 bits per heavy atom. The van der Waals surface area contributed by atoms with Gasteiger partial charge in [-0.1, -0.05) is 18.2 Å². The summed E-state index contributed by atoms with van der Waals surface area (Å²) in [6.07, 6.45) is 1.64. The number of carbonyl (C=O) groups is 1. The first kappa shape index (κ1) is 19.9. The smallest absolute Gasteiger partial charge is 0.265 e. The third-order valence-corrected chi connectivity index (χ3v) is 5.03. The molecular weight excluding hydrogens is 384 g/mol. The van der Waals surface area contributed by atoms with Crippen LogP contribution >= 0.6 is 0 Å². The molecule has 0 bridgehead atoms. The number of guanidine groups is 1. The second kappa shape index (κ2) is 9.39. The molecular formula is C22H26N4O4. The van der Waals surface area contributed by atoms with E-state index in [-0.39, 0.29) is 19.3 Å². The number of carbonyl (C=O) groups excluding carboxylic acids is 1. The lowest BCUT2D eigenvalue weighted by Gasteiger charge is -2.29. The Kier molecular flexibility index (Phi) is 6.22. The highest BCUT2D eigenvalue weighted by Gasteiger charge is 2.24. The average Bonchev–Trinajstić information content (AvgIpc) is 3.24. The van der Waals surface area contributed by atoms with Gasteiger partial charge < -0.3 is 29.7 Å². The Labute approximate surface area is 175 Å². The molecule has 0 spiro atoms. The number of ether oxygens (including phenoxy) is 3. The molecule has 0 atom stereocenters. The number of amides is 1. The minimum absolute atomic E-state index is 0.0140. The molecule has 4 rings (SSSR count). The van der Waals surface area contributed by atoms with Gasteiger partial charge in [-0.3, -0.25) is 9.79 Å². The van der Waals surface area contributed by atoms with Gasteiger partial charge in [0.2, 0.25) is 6.79 Å². The van der Waals surface area contributed by atoms with Crippen LogP contribution in [0.5, 0.6) is 17.2 Å². The Hall–Kier alpha value is -3.42. The summed E-state index contributed by atoms with van der Waals surface area (Å²) in [6, 6.07) is 13.6. The first-order chi connectivity index (χ1) is 14.7. The van der Waals surface area contributed by atoms with Crippen LogP contribution in [0.15, 0.2) is 47.5 Å². The molecule has 0 unspecified atom stereocenters. The molecule has 0 radical (unpaired) electrons. The molecule has 8 nitrogen and oxygen atoms in total. The first-order valence-electron chi connectivity index (χ1n) is 10.1. The Balaban J connectivity index is 1.19. The van der Waals surface area contributed by atoms with Crippen LogP contribution in [0.1, 0.15) is 12.0 Å². The molecule has 0 fully saturated rings. The molecule has 1 amide bonds. The molecule has 0 saturated heterocycles. The Bertz CT molecular complexity index is 931. The number of para-hydroxylation sites is 2. The molecule has 8 heteroatoms. The number of rotatable bonds is 7. The van der Waals surface area contributed by atoms with Crippen LogP contribution in [-0.2, 0) is 11.2 Å². The van der Waals surface area contributed by atoms with E-state index in [1.807, 2.05) is 42.5 Å². The second-order valence-corrected chi connectivity index (χ2v) is 7.02. The summed E-state index contributed by atoms with van der Waals surface area (Å²) in [7, 11) is 1.75. The van der Waals surface area contributed by atoms with Crippen LogP contribution in [0.25, 0.3) is 0 Å². The number of hydrogen-bond acceptors (Lipinski definition) is 5. The van der Waals surface area contributed by atoms with Gasteiger partial charge in [-0.25, -0.2) is 0 Å². The average molecular weight is 410 g/mol. The fourth-order valence-electron chi connectivity index (χ4n) is 3.49. The largest absolute Gasteiger partial charge is 0.482 e. The predicted molar refractivity (Wildman–Crippen MR) is 115 cm³/mol. The molecule has 158 valence electrons. The van der Waals surface area contributed by atoms with Crippen molar-refractivity contribution in [1.29, 1.82) is 0 Å². The number of benzene rings is 2. The van der Waals surface area contributed by atoms with Gasteiger partial charge in [-0.05, 0) is 42.7 Å². The topological polar surface area (TPSA) is 84.4 Å². The highest BCUT2D eigenvalue weighted by atomic mass is 16.7. The highest BCUT2D eigenvalue weighted by Crippen LogP contribution is 2.33. The minimum atomic E-state index is -0.0140. The predicted octanol–water partition coefficient (Wildman–Crippen LogP) is 1.94. The zero-order valence-electron chi connectivity index (χ0n) is 17.0. The zero-order chi connectivity index (χ0) is 20.8. The third kappa shape index (κ3) is 4.59. The fourth-order valence-corrected chi connectivity index (χ4v) is 3.49. The lowest BCUT2D eigenvalue weighted by Crippen LogP contribution is -2.42. The van der Waals surface area contributed by atoms with E-state index in [0.29, 0.717) is 13.1 Å². The molecule has 2 aliphatic heterocycles. The van der Waals surface area contributed by atoms with Crippen LogP contribution in [0, 0.1) is 0 Å². The maximum absolute atomic E-state index is 12.2. The molecule has 0 saturated carbocycles. The van der Waals surface area contributed by atoms with Gasteiger partial charge in [0, 0.05) is 26.7 Å². The van der Waals surface area contributed by atoms with Crippen LogP contribution < -0.4 is 29.7 Å². The first-order valence-corrected chi connectivity index (χ1v) is 10.1. The van der Waals surface area contributed by atoms with E-state index in [1.165, 1.54) is 5.56 Å². The summed E-state index contributed by atoms with van der Waals surface area (Å²) < 4.78 is 16.2. The van der Waals surface area contributed by atoms with Crippen LogP contribution in [-0.4, -0.2) is 51.9 Å². The van der Waals surface area contributed by atoms with E-state index in [9.17, 15) is 4.79 Å². The van der Waals surface area contributed by atoms with E-state index in [0.717, 1.165) is 48.3 Å². The van der Waals surface area contributed by atoms with Gasteiger partial charge >= 0.3 is 0 Å². The van der Waals surface area contributed by atoms with Gasteiger partial charge in [0.1, 0.15) is 5.75 Å². The van der Waals surface area contributed by atoms with E-state index in [4.69, 9.17) is 14.2 Å². The fraction of sp³-hybridized carbons (Fsp3) is 0.364. The van der Waals surface area contributed by atoms with Crippen LogP contribution in [0.3, 0.4) is 0 Å².